The molecule has 28 heavy (non-hydrogen) atoms. The second-order valence-corrected chi connectivity index (χ2v) is 7.66. The van der Waals surface area contributed by atoms with Gasteiger partial charge in [0.2, 0.25) is 0 Å². The van der Waals surface area contributed by atoms with Gasteiger partial charge in [-0.1, -0.05) is 61.4 Å². The third kappa shape index (κ3) is 3.26. The SMILES string of the molecule is C[C@@H](C(=O)O)N(C(=O)OCC1c2ccccc2-c2ccccc21)C1CCCC1. The molecule has 5 nitrogen and oxygen atoms in total. The van der Waals surface area contributed by atoms with Crippen molar-refractivity contribution in [2.24, 2.45) is 0 Å². The number of rotatable bonds is 5. The van der Waals surface area contributed by atoms with Gasteiger partial charge in [-0.3, -0.25) is 4.90 Å². The molecule has 1 N–H and O–H groups in total. The molecule has 2 aliphatic carbocycles. The summed E-state index contributed by atoms with van der Waals surface area (Å²) in [4.78, 5) is 25.9. The summed E-state index contributed by atoms with van der Waals surface area (Å²) in [5.41, 5.74) is 4.64. The number of carboxylic acids is 1. The quantitative estimate of drug-likeness (QED) is 0.821. The number of carboxylic acid groups (broad SMARTS) is 1. The lowest BCUT2D eigenvalue weighted by atomic mass is 9.98. The van der Waals surface area contributed by atoms with Crippen molar-refractivity contribution in [3.8, 4) is 11.1 Å². The Kier molecular flexibility index (Phi) is 5.07. The molecular weight excluding hydrogens is 354 g/mol. The Hall–Kier alpha value is -2.82. The molecule has 1 fully saturated rings. The number of benzene rings is 2. The maximum atomic E-state index is 12.9. The van der Waals surface area contributed by atoms with Crippen LogP contribution in [-0.2, 0) is 9.53 Å². The van der Waals surface area contributed by atoms with E-state index < -0.39 is 18.1 Å². The van der Waals surface area contributed by atoms with Crippen molar-refractivity contribution in [3.05, 3.63) is 59.7 Å². The highest BCUT2D eigenvalue weighted by atomic mass is 16.6. The van der Waals surface area contributed by atoms with Gasteiger partial charge in [0.25, 0.3) is 0 Å². The molecule has 1 atom stereocenters. The molecule has 0 bridgehead atoms. The zero-order valence-corrected chi connectivity index (χ0v) is 16.0. The van der Waals surface area contributed by atoms with Crippen molar-refractivity contribution in [2.75, 3.05) is 6.61 Å². The van der Waals surface area contributed by atoms with Gasteiger partial charge in [-0.15, -0.1) is 0 Å². The number of hydrogen-bond acceptors (Lipinski definition) is 3. The molecule has 2 aliphatic rings. The molecule has 0 spiro atoms. The van der Waals surface area contributed by atoms with Crippen molar-refractivity contribution >= 4 is 12.1 Å². The van der Waals surface area contributed by atoms with Gasteiger partial charge < -0.3 is 9.84 Å². The normalized spacial score (nSPS) is 17.0. The van der Waals surface area contributed by atoms with Crippen LogP contribution in [0.2, 0.25) is 0 Å². The van der Waals surface area contributed by atoms with E-state index in [-0.39, 0.29) is 18.6 Å². The van der Waals surface area contributed by atoms with E-state index in [0.717, 1.165) is 36.8 Å². The second-order valence-electron chi connectivity index (χ2n) is 7.66. The van der Waals surface area contributed by atoms with Crippen LogP contribution >= 0.6 is 0 Å². The predicted octanol–water partition coefficient (Wildman–Crippen LogP) is 4.65. The van der Waals surface area contributed by atoms with Gasteiger partial charge in [0.05, 0.1) is 0 Å². The lowest BCUT2D eigenvalue weighted by Gasteiger charge is -2.31. The van der Waals surface area contributed by atoms with E-state index in [1.54, 1.807) is 6.92 Å². The Balaban J connectivity index is 1.54. The van der Waals surface area contributed by atoms with E-state index in [4.69, 9.17) is 4.74 Å². The largest absolute Gasteiger partial charge is 0.480 e. The van der Waals surface area contributed by atoms with Gasteiger partial charge >= 0.3 is 12.1 Å². The molecular formula is C23H25NO4. The third-order valence-electron chi connectivity index (χ3n) is 6.04. The molecule has 1 amide bonds. The fourth-order valence-corrected chi connectivity index (χ4v) is 4.59. The Bertz CT molecular complexity index is 842. The van der Waals surface area contributed by atoms with Crippen LogP contribution in [0.1, 0.15) is 49.7 Å². The van der Waals surface area contributed by atoms with Crippen molar-refractivity contribution in [3.63, 3.8) is 0 Å². The molecule has 0 aromatic heterocycles. The number of nitrogens with zero attached hydrogens (tertiary/aromatic N) is 1. The first-order valence-corrected chi connectivity index (χ1v) is 9.94. The predicted molar refractivity (Wildman–Crippen MR) is 106 cm³/mol. The molecule has 4 rings (SSSR count). The van der Waals surface area contributed by atoms with Crippen LogP contribution < -0.4 is 0 Å². The molecule has 0 saturated heterocycles. The number of aliphatic carboxylic acids is 1. The summed E-state index contributed by atoms with van der Waals surface area (Å²) in [5.74, 6) is -1.03. The molecule has 0 radical (unpaired) electrons. The van der Waals surface area contributed by atoms with E-state index in [1.165, 1.54) is 16.0 Å². The first-order valence-electron chi connectivity index (χ1n) is 9.94. The minimum atomic E-state index is -1.000. The van der Waals surface area contributed by atoms with Crippen LogP contribution in [-0.4, -0.2) is 40.8 Å². The topological polar surface area (TPSA) is 66.8 Å². The number of hydrogen-bond donors (Lipinski definition) is 1. The van der Waals surface area contributed by atoms with Crippen LogP contribution in [0.4, 0.5) is 4.79 Å². The number of carbonyl (C=O) groups excluding carboxylic acids is 1. The molecule has 0 unspecified atom stereocenters. The van der Waals surface area contributed by atoms with Gasteiger partial charge in [0.15, 0.2) is 0 Å². The van der Waals surface area contributed by atoms with Crippen molar-refractivity contribution in [1.82, 2.24) is 4.90 Å². The van der Waals surface area contributed by atoms with E-state index >= 15 is 0 Å². The Morgan fingerprint density at radius 3 is 2.11 bits per heavy atom. The highest BCUT2D eigenvalue weighted by Gasteiger charge is 2.36. The monoisotopic (exact) mass is 379 g/mol. The molecule has 0 heterocycles. The summed E-state index contributed by atoms with van der Waals surface area (Å²) in [6, 6.07) is 15.4. The van der Waals surface area contributed by atoms with Crippen LogP contribution in [0.25, 0.3) is 11.1 Å². The van der Waals surface area contributed by atoms with E-state index in [1.807, 2.05) is 24.3 Å². The first kappa shape index (κ1) is 18.5. The second kappa shape index (κ2) is 7.66. The molecule has 1 saturated carbocycles. The van der Waals surface area contributed by atoms with Crippen molar-refractivity contribution in [2.45, 2.75) is 50.6 Å². The summed E-state index contributed by atoms with van der Waals surface area (Å²) < 4.78 is 5.71. The Morgan fingerprint density at radius 1 is 1.04 bits per heavy atom. The van der Waals surface area contributed by atoms with Gasteiger partial charge in [-0.25, -0.2) is 9.59 Å². The van der Waals surface area contributed by atoms with Crippen LogP contribution in [0, 0.1) is 0 Å². The average molecular weight is 379 g/mol. The maximum absolute atomic E-state index is 12.9. The molecule has 2 aromatic carbocycles. The lowest BCUT2D eigenvalue weighted by Crippen LogP contribution is -2.49. The van der Waals surface area contributed by atoms with Crippen LogP contribution in [0.15, 0.2) is 48.5 Å². The lowest BCUT2D eigenvalue weighted by molar-refractivity contribution is -0.142. The molecule has 2 aromatic rings. The summed E-state index contributed by atoms with van der Waals surface area (Å²) >= 11 is 0. The Morgan fingerprint density at radius 2 is 1.57 bits per heavy atom. The van der Waals surface area contributed by atoms with Gasteiger partial charge in [-0.05, 0) is 42.0 Å². The molecule has 146 valence electrons. The van der Waals surface area contributed by atoms with Crippen molar-refractivity contribution in [1.29, 1.82) is 0 Å². The van der Waals surface area contributed by atoms with Gasteiger partial charge in [0.1, 0.15) is 12.6 Å². The van der Waals surface area contributed by atoms with Gasteiger partial charge in [0, 0.05) is 12.0 Å². The summed E-state index contributed by atoms with van der Waals surface area (Å²) in [6.45, 7) is 1.77. The Labute approximate surface area is 164 Å². The highest BCUT2D eigenvalue weighted by molar-refractivity contribution is 5.81. The minimum absolute atomic E-state index is 0.0260. The van der Waals surface area contributed by atoms with E-state index in [2.05, 4.69) is 24.3 Å². The molecule has 5 heteroatoms. The van der Waals surface area contributed by atoms with Crippen molar-refractivity contribution < 1.29 is 19.4 Å². The zero-order chi connectivity index (χ0) is 19.7. The average Bonchev–Trinajstić information content (AvgIpc) is 3.33. The summed E-state index contributed by atoms with van der Waals surface area (Å²) in [7, 11) is 0. The number of carbonyl (C=O) groups is 2. The molecule has 0 aliphatic heterocycles. The minimum Gasteiger partial charge on any atom is -0.480 e. The fraction of sp³-hybridized carbons (Fsp3) is 0.391. The van der Waals surface area contributed by atoms with Gasteiger partial charge in [-0.2, -0.15) is 0 Å². The van der Waals surface area contributed by atoms with Crippen LogP contribution in [0.5, 0.6) is 0 Å². The number of fused-ring (bicyclic) bond motifs is 3. The number of amides is 1. The standard InChI is InChI=1S/C23H25NO4/c1-15(22(25)26)24(16-8-2-3-9-16)23(27)28-14-21-19-12-6-4-10-17(19)18-11-5-7-13-20(18)21/h4-7,10-13,15-16,21H,2-3,8-9,14H2,1H3,(H,25,26)/t15-/m0/s1. The number of ether oxygens (including phenoxy) is 1. The third-order valence-corrected chi connectivity index (χ3v) is 6.04. The summed E-state index contributed by atoms with van der Waals surface area (Å²) in [6.07, 6.45) is 3.18. The van der Waals surface area contributed by atoms with Crippen LogP contribution in [0.3, 0.4) is 0 Å². The fourth-order valence-electron chi connectivity index (χ4n) is 4.59. The zero-order valence-electron chi connectivity index (χ0n) is 16.0. The van der Waals surface area contributed by atoms with E-state index in [9.17, 15) is 14.7 Å². The summed E-state index contributed by atoms with van der Waals surface area (Å²) in [5, 5.41) is 9.45. The highest BCUT2D eigenvalue weighted by Crippen LogP contribution is 2.44. The maximum Gasteiger partial charge on any atom is 0.410 e. The van der Waals surface area contributed by atoms with E-state index in [0.29, 0.717) is 0 Å². The first-order chi connectivity index (χ1) is 13.6. The smallest absolute Gasteiger partial charge is 0.410 e.